The number of aliphatic hydroxyl groups is 2. The van der Waals surface area contributed by atoms with Gasteiger partial charge in [0.1, 0.15) is 5.58 Å². The first kappa shape index (κ1) is 24.8. The van der Waals surface area contributed by atoms with E-state index in [1.807, 2.05) is 60.8 Å². The van der Waals surface area contributed by atoms with Crippen LogP contribution >= 0.6 is 0 Å². The zero-order valence-electron chi connectivity index (χ0n) is 18.5. The van der Waals surface area contributed by atoms with Gasteiger partial charge in [0.25, 0.3) is 0 Å². The van der Waals surface area contributed by atoms with Gasteiger partial charge in [0.2, 0.25) is 0 Å². The predicted molar refractivity (Wildman–Crippen MR) is 129 cm³/mol. The van der Waals surface area contributed by atoms with Crippen molar-refractivity contribution >= 4 is 21.9 Å². The number of hydrogen-bond acceptors (Lipinski definition) is 4. The van der Waals surface area contributed by atoms with Crippen LogP contribution in [0.3, 0.4) is 0 Å². The van der Waals surface area contributed by atoms with Crippen LogP contribution in [0, 0.1) is 6.07 Å². The van der Waals surface area contributed by atoms with Gasteiger partial charge < -0.3 is 19.6 Å². The molecule has 171 valence electrons. The van der Waals surface area contributed by atoms with Crippen molar-refractivity contribution < 1.29 is 34.7 Å². The average molecular weight is 617 g/mol. The van der Waals surface area contributed by atoms with E-state index in [2.05, 4.69) is 35.3 Å². The molecule has 0 aliphatic heterocycles. The normalized spacial score (nSPS) is 12.5. The molecule has 1 radical (unpaired) electrons. The minimum atomic E-state index is -0.375. The van der Waals surface area contributed by atoms with Crippen LogP contribution in [-0.2, 0) is 20.1 Å². The standard InChI is InChI=1S/C23H14NO.C5H12O2.Ir/c1-2-7-16(8-3-1)17-13-14-24-21(15-17)20-11-6-10-19-18-9-4-5-12-22(18)25-23(19)20;1-4(6)3-5(2)7;/h1-10,12-15H;4-7H,3H2,1-2H3;/q-1;;. The molecule has 4 nitrogen and oxygen atoms in total. The van der Waals surface area contributed by atoms with E-state index in [1.165, 1.54) is 5.56 Å². The molecule has 5 heteroatoms. The van der Waals surface area contributed by atoms with Crippen LogP contribution in [0.2, 0.25) is 0 Å². The molecule has 0 fully saturated rings. The van der Waals surface area contributed by atoms with Crippen molar-refractivity contribution in [2.45, 2.75) is 32.5 Å². The third-order valence-corrected chi connectivity index (χ3v) is 5.14. The van der Waals surface area contributed by atoms with Crippen molar-refractivity contribution in [2.75, 3.05) is 0 Å². The van der Waals surface area contributed by atoms with Crippen molar-refractivity contribution in [2.24, 2.45) is 0 Å². The van der Waals surface area contributed by atoms with Gasteiger partial charge in [-0.05, 0) is 49.2 Å². The molecule has 2 unspecified atom stereocenters. The van der Waals surface area contributed by atoms with Crippen LogP contribution in [0.15, 0.2) is 89.5 Å². The van der Waals surface area contributed by atoms with E-state index in [1.54, 1.807) is 13.8 Å². The minimum Gasteiger partial charge on any atom is -0.501 e. The van der Waals surface area contributed by atoms with E-state index in [-0.39, 0.29) is 32.3 Å². The monoisotopic (exact) mass is 617 g/mol. The Hall–Kier alpha value is -2.82. The van der Waals surface area contributed by atoms with Gasteiger partial charge in [-0.3, -0.25) is 0 Å². The van der Waals surface area contributed by atoms with E-state index in [0.29, 0.717) is 6.42 Å². The second-order valence-corrected chi connectivity index (χ2v) is 7.92. The number of nitrogens with zero attached hydrogens (tertiary/aromatic N) is 1. The second-order valence-electron chi connectivity index (χ2n) is 7.92. The molecule has 0 saturated heterocycles. The maximum Gasteiger partial charge on any atom is 0.120 e. The Morgan fingerprint density at radius 1 is 0.848 bits per heavy atom. The molecule has 0 spiro atoms. The maximum atomic E-state index is 8.56. The zero-order valence-corrected chi connectivity index (χ0v) is 20.9. The Morgan fingerprint density at radius 2 is 1.55 bits per heavy atom. The van der Waals surface area contributed by atoms with Crippen LogP contribution in [-0.4, -0.2) is 27.4 Å². The first-order valence-electron chi connectivity index (χ1n) is 10.7. The number of aliphatic hydroxyl groups excluding tert-OH is 2. The number of rotatable bonds is 4. The molecule has 0 bridgehead atoms. The Bertz CT molecular complexity index is 1310. The summed E-state index contributed by atoms with van der Waals surface area (Å²) in [5.41, 5.74) is 5.78. The fourth-order valence-corrected chi connectivity index (χ4v) is 3.75. The van der Waals surface area contributed by atoms with Gasteiger partial charge in [-0.25, -0.2) is 0 Å². The van der Waals surface area contributed by atoms with Crippen LogP contribution in [0.4, 0.5) is 0 Å². The van der Waals surface area contributed by atoms with E-state index in [0.717, 1.165) is 38.8 Å². The molecule has 33 heavy (non-hydrogen) atoms. The van der Waals surface area contributed by atoms with Crippen molar-refractivity contribution in [1.29, 1.82) is 0 Å². The number of benzene rings is 3. The molecule has 3 aromatic carbocycles. The Labute approximate surface area is 207 Å². The van der Waals surface area contributed by atoms with Gasteiger partial charge in [0.15, 0.2) is 0 Å². The van der Waals surface area contributed by atoms with Gasteiger partial charge in [-0.15, -0.1) is 18.2 Å². The number of hydrogen-bond donors (Lipinski definition) is 2. The van der Waals surface area contributed by atoms with Crippen molar-refractivity contribution in [3.05, 3.63) is 91.1 Å². The van der Waals surface area contributed by atoms with E-state index >= 15 is 0 Å². The minimum absolute atomic E-state index is 0. The topological polar surface area (TPSA) is 66.5 Å². The fourth-order valence-electron chi connectivity index (χ4n) is 3.75. The first-order valence-corrected chi connectivity index (χ1v) is 10.7. The summed E-state index contributed by atoms with van der Waals surface area (Å²) in [5, 5.41) is 19.3. The smallest absolute Gasteiger partial charge is 0.120 e. The van der Waals surface area contributed by atoms with Crippen molar-refractivity contribution in [3.8, 4) is 22.4 Å². The number of aromatic nitrogens is 1. The molecule has 0 amide bonds. The summed E-state index contributed by atoms with van der Waals surface area (Å²) in [6.07, 6.45) is 1.56. The van der Waals surface area contributed by atoms with Crippen LogP contribution in [0.1, 0.15) is 20.3 Å². The first-order chi connectivity index (χ1) is 15.5. The molecular weight excluding hydrogens is 591 g/mol. The molecule has 2 atom stereocenters. The molecule has 0 aliphatic carbocycles. The van der Waals surface area contributed by atoms with Crippen LogP contribution in [0.5, 0.6) is 0 Å². The van der Waals surface area contributed by atoms with Crippen molar-refractivity contribution in [3.63, 3.8) is 0 Å². The molecule has 0 saturated carbocycles. The summed E-state index contributed by atoms with van der Waals surface area (Å²) in [7, 11) is 0. The molecule has 2 N–H and O–H groups in total. The molecule has 5 rings (SSSR count). The SMILES string of the molecule is CC(O)CC(C)O.[Ir].[c-]1ccc2c(oc3ccccc32)c1-c1cc(-c2ccccc2)ccn1. The number of pyridine rings is 1. The number of fused-ring (bicyclic) bond motifs is 3. The van der Waals surface area contributed by atoms with Gasteiger partial charge in [0.05, 0.1) is 17.8 Å². The number of furan rings is 1. The molecule has 2 aromatic heterocycles. The van der Waals surface area contributed by atoms with E-state index in [9.17, 15) is 0 Å². The summed E-state index contributed by atoms with van der Waals surface area (Å²) >= 11 is 0. The summed E-state index contributed by atoms with van der Waals surface area (Å²) < 4.78 is 6.11. The quantitative estimate of drug-likeness (QED) is 0.234. The van der Waals surface area contributed by atoms with E-state index < -0.39 is 0 Å². The second kappa shape index (κ2) is 11.4. The number of para-hydroxylation sites is 1. The van der Waals surface area contributed by atoms with Crippen LogP contribution in [0.25, 0.3) is 44.3 Å². The predicted octanol–water partition coefficient (Wildman–Crippen LogP) is 6.25. The maximum absolute atomic E-state index is 8.56. The van der Waals surface area contributed by atoms with Gasteiger partial charge in [-0.2, -0.15) is 0 Å². The molecule has 2 heterocycles. The molecule has 5 aromatic rings. The summed E-state index contributed by atoms with van der Waals surface area (Å²) in [4.78, 5) is 4.56. The van der Waals surface area contributed by atoms with Gasteiger partial charge in [-0.1, -0.05) is 65.5 Å². The third-order valence-electron chi connectivity index (χ3n) is 5.14. The third kappa shape index (κ3) is 5.95. The van der Waals surface area contributed by atoms with Gasteiger partial charge in [0, 0.05) is 31.7 Å². The largest absolute Gasteiger partial charge is 0.501 e. The molecule has 0 aliphatic rings. The summed E-state index contributed by atoms with van der Waals surface area (Å²) in [6, 6.07) is 29.8. The Kier molecular flexibility index (Phi) is 8.54. The Balaban J connectivity index is 0.000000337. The van der Waals surface area contributed by atoms with E-state index in [4.69, 9.17) is 14.6 Å². The summed E-state index contributed by atoms with van der Waals surface area (Å²) in [5.74, 6) is 0. The average Bonchev–Trinajstić information content (AvgIpc) is 3.18. The fraction of sp³-hybridized carbons (Fsp3) is 0.179. The van der Waals surface area contributed by atoms with Gasteiger partial charge >= 0.3 is 0 Å². The van der Waals surface area contributed by atoms with Crippen LogP contribution < -0.4 is 0 Å². The zero-order chi connectivity index (χ0) is 22.5. The Morgan fingerprint density at radius 3 is 2.24 bits per heavy atom. The molecular formula is C28H26IrNO3-. The van der Waals surface area contributed by atoms with Crippen molar-refractivity contribution in [1.82, 2.24) is 4.98 Å². The summed E-state index contributed by atoms with van der Waals surface area (Å²) in [6.45, 7) is 3.32.